The Morgan fingerprint density at radius 1 is 1.03 bits per heavy atom. The molecule has 1 aliphatic rings. The van der Waals surface area contributed by atoms with E-state index in [1.165, 1.54) is 12.0 Å². The summed E-state index contributed by atoms with van der Waals surface area (Å²) in [6, 6.07) is 11.2. The quantitative estimate of drug-likeness (QED) is 0.261. The SMILES string of the molecule is CCOc1ccc([C@@H]2C(=C(O)c3ccc(OC)cc3)C(=O)C(=O)N2CCCn2ccnc2)cc1OC. The van der Waals surface area contributed by atoms with E-state index in [1.807, 2.05) is 17.7 Å². The summed E-state index contributed by atoms with van der Waals surface area (Å²) in [5.41, 5.74) is 1.07. The fourth-order valence-electron chi connectivity index (χ4n) is 4.33. The summed E-state index contributed by atoms with van der Waals surface area (Å²) in [7, 11) is 3.07. The van der Waals surface area contributed by atoms with Crippen molar-refractivity contribution in [3.8, 4) is 17.2 Å². The largest absolute Gasteiger partial charge is 0.507 e. The van der Waals surface area contributed by atoms with Crippen molar-refractivity contribution in [2.45, 2.75) is 25.9 Å². The lowest BCUT2D eigenvalue weighted by Gasteiger charge is -2.26. The highest BCUT2D eigenvalue weighted by Crippen LogP contribution is 2.42. The van der Waals surface area contributed by atoms with Crippen LogP contribution in [0.2, 0.25) is 0 Å². The normalized spacial score (nSPS) is 16.9. The van der Waals surface area contributed by atoms with Gasteiger partial charge in [0.1, 0.15) is 11.5 Å². The Bertz CT molecular complexity index is 1250. The lowest BCUT2D eigenvalue weighted by atomic mass is 9.95. The number of aromatic nitrogens is 2. The average molecular weight is 492 g/mol. The molecule has 0 aliphatic carbocycles. The predicted octanol–water partition coefficient (Wildman–Crippen LogP) is 3.81. The van der Waals surface area contributed by atoms with Crippen LogP contribution in [0.25, 0.3) is 5.76 Å². The molecule has 0 radical (unpaired) electrons. The third-order valence-electron chi connectivity index (χ3n) is 6.08. The molecule has 0 saturated carbocycles. The number of imidazole rings is 1. The summed E-state index contributed by atoms with van der Waals surface area (Å²) in [4.78, 5) is 32.0. The highest BCUT2D eigenvalue weighted by atomic mass is 16.5. The lowest BCUT2D eigenvalue weighted by molar-refractivity contribution is -0.139. The Kier molecular flexibility index (Phi) is 7.58. The molecule has 0 spiro atoms. The number of rotatable bonds is 10. The van der Waals surface area contributed by atoms with Crippen LogP contribution in [0, 0.1) is 0 Å². The second-order valence-corrected chi connectivity index (χ2v) is 8.22. The lowest BCUT2D eigenvalue weighted by Crippen LogP contribution is -2.31. The van der Waals surface area contributed by atoms with Gasteiger partial charge in [0.15, 0.2) is 11.5 Å². The van der Waals surface area contributed by atoms with Gasteiger partial charge in [-0.2, -0.15) is 0 Å². The van der Waals surface area contributed by atoms with Crippen molar-refractivity contribution in [2.24, 2.45) is 0 Å². The van der Waals surface area contributed by atoms with Gasteiger partial charge < -0.3 is 28.8 Å². The molecule has 1 fully saturated rings. The van der Waals surface area contributed by atoms with E-state index in [-0.39, 0.29) is 11.3 Å². The van der Waals surface area contributed by atoms with Gasteiger partial charge in [0.05, 0.1) is 38.8 Å². The number of Topliss-reactive ketones (excluding diaryl/α,β-unsaturated/α-hetero) is 1. The molecule has 188 valence electrons. The second-order valence-electron chi connectivity index (χ2n) is 8.22. The molecule has 1 saturated heterocycles. The van der Waals surface area contributed by atoms with Gasteiger partial charge in [-0.15, -0.1) is 0 Å². The van der Waals surface area contributed by atoms with Gasteiger partial charge in [-0.3, -0.25) is 9.59 Å². The Labute approximate surface area is 209 Å². The van der Waals surface area contributed by atoms with E-state index in [2.05, 4.69) is 4.98 Å². The topological polar surface area (TPSA) is 103 Å². The van der Waals surface area contributed by atoms with Gasteiger partial charge in [0, 0.05) is 31.0 Å². The summed E-state index contributed by atoms with van der Waals surface area (Å²) in [6.07, 6.45) is 5.82. The van der Waals surface area contributed by atoms with Crippen LogP contribution < -0.4 is 14.2 Å². The van der Waals surface area contributed by atoms with Crippen molar-refractivity contribution in [2.75, 3.05) is 27.4 Å². The number of ketones is 1. The highest BCUT2D eigenvalue weighted by molar-refractivity contribution is 6.46. The average Bonchev–Trinajstić information content (AvgIpc) is 3.51. The van der Waals surface area contributed by atoms with Gasteiger partial charge >= 0.3 is 0 Å². The zero-order chi connectivity index (χ0) is 25.7. The van der Waals surface area contributed by atoms with E-state index >= 15 is 0 Å². The van der Waals surface area contributed by atoms with Crippen molar-refractivity contribution in [3.05, 3.63) is 77.9 Å². The Morgan fingerprint density at radius 3 is 2.44 bits per heavy atom. The molecule has 9 heteroatoms. The number of hydrogen-bond donors (Lipinski definition) is 1. The number of aliphatic hydroxyl groups is 1. The Hall–Kier alpha value is -4.27. The number of likely N-dealkylation sites (tertiary alicyclic amines) is 1. The molecular weight excluding hydrogens is 462 g/mol. The minimum absolute atomic E-state index is 0.0269. The van der Waals surface area contributed by atoms with Gasteiger partial charge in [0.2, 0.25) is 0 Å². The van der Waals surface area contributed by atoms with Crippen LogP contribution in [0.3, 0.4) is 0 Å². The number of carbonyl (C=O) groups excluding carboxylic acids is 2. The molecule has 1 aliphatic heterocycles. The fourth-order valence-corrected chi connectivity index (χ4v) is 4.33. The first-order valence-electron chi connectivity index (χ1n) is 11.7. The molecule has 9 nitrogen and oxygen atoms in total. The van der Waals surface area contributed by atoms with Crippen molar-refractivity contribution in [1.82, 2.24) is 14.5 Å². The van der Waals surface area contributed by atoms with Crippen LogP contribution in [0.15, 0.2) is 66.8 Å². The molecular formula is C27H29N3O6. The molecule has 3 aromatic rings. The molecule has 2 aromatic carbocycles. The van der Waals surface area contributed by atoms with Crippen molar-refractivity contribution >= 4 is 17.4 Å². The van der Waals surface area contributed by atoms with Gasteiger partial charge in [-0.25, -0.2) is 4.98 Å². The van der Waals surface area contributed by atoms with Gasteiger partial charge in [-0.1, -0.05) is 6.07 Å². The molecule has 1 N–H and O–H groups in total. The van der Waals surface area contributed by atoms with E-state index in [1.54, 1.807) is 62.1 Å². The van der Waals surface area contributed by atoms with E-state index in [0.29, 0.717) is 54.5 Å². The van der Waals surface area contributed by atoms with E-state index in [9.17, 15) is 14.7 Å². The van der Waals surface area contributed by atoms with Gasteiger partial charge in [-0.05, 0) is 55.3 Å². The van der Waals surface area contributed by atoms with Crippen molar-refractivity contribution in [3.63, 3.8) is 0 Å². The first-order chi connectivity index (χ1) is 17.5. The monoisotopic (exact) mass is 491 g/mol. The third kappa shape index (κ3) is 4.91. The second kappa shape index (κ2) is 11.0. The van der Waals surface area contributed by atoms with Crippen LogP contribution in [0.1, 0.15) is 30.5 Å². The summed E-state index contributed by atoms with van der Waals surface area (Å²) in [5.74, 6) is 0.00127. The minimum atomic E-state index is -0.792. The molecule has 1 atom stereocenters. The Morgan fingerprint density at radius 2 is 1.81 bits per heavy atom. The zero-order valence-electron chi connectivity index (χ0n) is 20.5. The number of hydrogen-bond acceptors (Lipinski definition) is 7. The number of benzene rings is 2. The van der Waals surface area contributed by atoms with E-state index in [4.69, 9.17) is 14.2 Å². The summed E-state index contributed by atoms with van der Waals surface area (Å²) in [5, 5.41) is 11.2. The third-order valence-corrected chi connectivity index (χ3v) is 6.08. The van der Waals surface area contributed by atoms with Crippen LogP contribution in [0.5, 0.6) is 17.2 Å². The molecule has 36 heavy (non-hydrogen) atoms. The molecule has 2 heterocycles. The predicted molar refractivity (Wildman–Crippen MR) is 133 cm³/mol. The zero-order valence-corrected chi connectivity index (χ0v) is 20.5. The standard InChI is InChI=1S/C27H29N3O6/c1-4-36-21-11-8-19(16-22(21)35-3)24-23(25(31)18-6-9-20(34-2)10-7-18)26(32)27(33)30(24)14-5-13-29-15-12-28-17-29/h6-12,15-17,24,31H,4-5,13-14H2,1-3H3/t24-/m1/s1. The number of carbonyl (C=O) groups is 2. The van der Waals surface area contributed by atoms with Crippen LogP contribution in [-0.4, -0.2) is 58.6 Å². The van der Waals surface area contributed by atoms with Crippen molar-refractivity contribution in [1.29, 1.82) is 0 Å². The summed E-state index contributed by atoms with van der Waals surface area (Å²) in [6.45, 7) is 3.26. The van der Waals surface area contributed by atoms with Crippen LogP contribution in [0.4, 0.5) is 0 Å². The number of ether oxygens (including phenoxy) is 3. The maximum atomic E-state index is 13.2. The molecule has 0 unspecified atom stereocenters. The number of methoxy groups -OCH3 is 2. The van der Waals surface area contributed by atoms with E-state index in [0.717, 1.165) is 0 Å². The summed E-state index contributed by atoms with van der Waals surface area (Å²) >= 11 is 0. The Balaban J connectivity index is 1.76. The highest BCUT2D eigenvalue weighted by Gasteiger charge is 2.46. The van der Waals surface area contributed by atoms with E-state index < -0.39 is 17.7 Å². The molecule has 0 bridgehead atoms. The molecule has 1 amide bonds. The molecule has 1 aromatic heterocycles. The smallest absolute Gasteiger partial charge is 0.295 e. The fraction of sp³-hybridized carbons (Fsp3) is 0.296. The maximum Gasteiger partial charge on any atom is 0.295 e. The first kappa shape index (κ1) is 24.8. The minimum Gasteiger partial charge on any atom is -0.507 e. The number of amides is 1. The summed E-state index contributed by atoms with van der Waals surface area (Å²) < 4.78 is 18.2. The first-order valence-corrected chi connectivity index (χ1v) is 11.7. The van der Waals surface area contributed by atoms with Crippen LogP contribution >= 0.6 is 0 Å². The van der Waals surface area contributed by atoms with Crippen LogP contribution in [-0.2, 0) is 16.1 Å². The molecule has 4 rings (SSSR count). The number of nitrogens with zero attached hydrogens (tertiary/aromatic N) is 3. The number of aryl methyl sites for hydroxylation is 1. The number of aliphatic hydroxyl groups excluding tert-OH is 1. The van der Waals surface area contributed by atoms with Crippen molar-refractivity contribution < 1.29 is 28.9 Å². The van der Waals surface area contributed by atoms with Gasteiger partial charge in [0.25, 0.3) is 11.7 Å². The maximum absolute atomic E-state index is 13.2.